The lowest BCUT2D eigenvalue weighted by Gasteiger charge is -2.04. The van der Waals surface area contributed by atoms with E-state index in [1.807, 2.05) is 60.7 Å². The maximum Gasteiger partial charge on any atom is 0.261 e. The molecule has 0 aliphatic rings. The van der Waals surface area contributed by atoms with Gasteiger partial charge in [-0.05, 0) is 12.5 Å². The number of nitrogens with zero attached hydrogens (tertiary/aromatic N) is 3. The summed E-state index contributed by atoms with van der Waals surface area (Å²) >= 11 is 0. The molecule has 0 saturated carbocycles. The smallest absolute Gasteiger partial charge is 0.261 e. The Morgan fingerprint density at radius 2 is 1.78 bits per heavy atom. The fourth-order valence-corrected chi connectivity index (χ4v) is 2.91. The number of aryl methyl sites for hydroxylation is 1. The molecule has 4 aromatic rings. The average Bonchev–Trinajstić information content (AvgIpc) is 3.29. The zero-order valence-electron chi connectivity index (χ0n) is 14.8. The molecule has 0 aliphatic carbocycles. The van der Waals surface area contributed by atoms with Crippen molar-refractivity contribution in [3.05, 3.63) is 89.9 Å². The van der Waals surface area contributed by atoms with Crippen LogP contribution in [0.3, 0.4) is 0 Å². The Hall–Kier alpha value is -3.67. The Kier molecular flexibility index (Phi) is 4.53. The van der Waals surface area contributed by atoms with Crippen LogP contribution in [0.1, 0.15) is 21.7 Å². The normalized spacial score (nSPS) is 10.7. The zero-order valence-corrected chi connectivity index (χ0v) is 14.8. The molecule has 0 fully saturated rings. The minimum Gasteiger partial charge on any atom is -0.360 e. The van der Waals surface area contributed by atoms with Gasteiger partial charge < -0.3 is 9.84 Å². The number of carbonyl (C=O) groups excluding carboxylic acids is 1. The Morgan fingerprint density at radius 3 is 2.52 bits per heavy atom. The first-order valence-electron chi connectivity index (χ1n) is 8.60. The third kappa shape index (κ3) is 3.64. The van der Waals surface area contributed by atoms with Gasteiger partial charge in [-0.1, -0.05) is 65.8 Å². The van der Waals surface area contributed by atoms with E-state index in [-0.39, 0.29) is 5.91 Å². The van der Waals surface area contributed by atoms with E-state index in [0.717, 1.165) is 11.1 Å². The molecule has 1 amide bonds. The third-order valence-electron chi connectivity index (χ3n) is 4.22. The topological polar surface area (TPSA) is 73.0 Å². The molecule has 0 bridgehead atoms. The first-order valence-corrected chi connectivity index (χ1v) is 8.60. The minimum absolute atomic E-state index is 0.271. The zero-order chi connectivity index (χ0) is 18.6. The Balaban J connectivity index is 1.53. The van der Waals surface area contributed by atoms with Crippen molar-refractivity contribution in [2.24, 2.45) is 0 Å². The van der Waals surface area contributed by atoms with E-state index in [0.29, 0.717) is 29.2 Å². The second-order valence-electron chi connectivity index (χ2n) is 6.19. The number of carbonyl (C=O) groups is 1. The molecule has 6 heteroatoms. The highest BCUT2D eigenvalue weighted by Crippen LogP contribution is 2.25. The first-order chi connectivity index (χ1) is 13.2. The molecule has 0 saturated heterocycles. The van der Waals surface area contributed by atoms with E-state index in [1.54, 1.807) is 24.0 Å². The number of rotatable bonds is 5. The summed E-state index contributed by atoms with van der Waals surface area (Å²) in [4.78, 5) is 12.8. The molecule has 0 atom stereocenters. The molecule has 2 heterocycles. The SMILES string of the molecule is Cc1onc(-c2ccccc2)c1C(=O)Nc1cnn(Cc2ccccc2)c1. The predicted octanol–water partition coefficient (Wildman–Crippen LogP) is 4.15. The molecule has 2 aromatic heterocycles. The summed E-state index contributed by atoms with van der Waals surface area (Å²) in [6, 6.07) is 19.5. The highest BCUT2D eigenvalue weighted by molar-refractivity contribution is 6.08. The monoisotopic (exact) mass is 358 g/mol. The summed E-state index contributed by atoms with van der Waals surface area (Å²) in [5.41, 5.74) is 3.55. The third-order valence-corrected chi connectivity index (χ3v) is 4.22. The van der Waals surface area contributed by atoms with Gasteiger partial charge in [0.05, 0.1) is 18.4 Å². The van der Waals surface area contributed by atoms with Gasteiger partial charge in [-0.2, -0.15) is 5.10 Å². The molecule has 27 heavy (non-hydrogen) atoms. The molecule has 6 nitrogen and oxygen atoms in total. The van der Waals surface area contributed by atoms with E-state index in [1.165, 1.54) is 0 Å². The maximum atomic E-state index is 12.8. The molecule has 0 spiro atoms. The maximum absolute atomic E-state index is 12.8. The number of nitrogens with one attached hydrogen (secondary N) is 1. The Bertz CT molecular complexity index is 1050. The molecule has 0 radical (unpaired) electrons. The summed E-state index contributed by atoms with van der Waals surface area (Å²) in [7, 11) is 0. The predicted molar refractivity (Wildman–Crippen MR) is 102 cm³/mol. The van der Waals surface area contributed by atoms with Crippen molar-refractivity contribution in [1.82, 2.24) is 14.9 Å². The van der Waals surface area contributed by atoms with Gasteiger partial charge in [0.1, 0.15) is 17.0 Å². The van der Waals surface area contributed by atoms with Gasteiger partial charge in [-0.25, -0.2) is 0 Å². The summed E-state index contributed by atoms with van der Waals surface area (Å²) in [5.74, 6) is 0.204. The quantitative estimate of drug-likeness (QED) is 0.582. The van der Waals surface area contributed by atoms with Gasteiger partial charge in [-0.3, -0.25) is 9.48 Å². The summed E-state index contributed by atoms with van der Waals surface area (Å²) in [6.45, 7) is 2.37. The van der Waals surface area contributed by atoms with Crippen LogP contribution < -0.4 is 5.32 Å². The van der Waals surface area contributed by atoms with E-state index < -0.39 is 0 Å². The van der Waals surface area contributed by atoms with Crippen LogP contribution in [-0.2, 0) is 6.54 Å². The van der Waals surface area contributed by atoms with Crippen LogP contribution in [0, 0.1) is 6.92 Å². The summed E-state index contributed by atoms with van der Waals surface area (Å²) in [5, 5.41) is 11.2. The van der Waals surface area contributed by atoms with Crippen LogP contribution in [0.25, 0.3) is 11.3 Å². The second-order valence-corrected chi connectivity index (χ2v) is 6.19. The van der Waals surface area contributed by atoms with Crippen LogP contribution in [0.4, 0.5) is 5.69 Å². The molecular weight excluding hydrogens is 340 g/mol. The number of amides is 1. The minimum atomic E-state index is -0.271. The summed E-state index contributed by atoms with van der Waals surface area (Å²) in [6.07, 6.45) is 3.43. The van der Waals surface area contributed by atoms with Crippen LogP contribution in [0.15, 0.2) is 77.6 Å². The molecule has 0 unspecified atom stereocenters. The number of benzene rings is 2. The van der Waals surface area contributed by atoms with Crippen molar-refractivity contribution < 1.29 is 9.32 Å². The number of hydrogen-bond donors (Lipinski definition) is 1. The lowest BCUT2D eigenvalue weighted by Crippen LogP contribution is -2.13. The van der Waals surface area contributed by atoms with Crippen molar-refractivity contribution >= 4 is 11.6 Å². The van der Waals surface area contributed by atoms with E-state index in [9.17, 15) is 4.79 Å². The van der Waals surface area contributed by atoms with Crippen LogP contribution in [0.5, 0.6) is 0 Å². The Labute approximate surface area is 156 Å². The van der Waals surface area contributed by atoms with E-state index in [4.69, 9.17) is 4.52 Å². The van der Waals surface area contributed by atoms with Gasteiger partial charge in [0.2, 0.25) is 0 Å². The van der Waals surface area contributed by atoms with Crippen LogP contribution >= 0.6 is 0 Å². The standard InChI is InChI=1S/C21H18N4O2/c1-15-19(20(24-27-15)17-10-6-3-7-11-17)21(26)23-18-12-22-25(14-18)13-16-8-4-2-5-9-16/h2-12,14H,13H2,1H3,(H,23,26). The van der Waals surface area contributed by atoms with Gasteiger partial charge >= 0.3 is 0 Å². The highest BCUT2D eigenvalue weighted by atomic mass is 16.5. The van der Waals surface area contributed by atoms with Gasteiger partial charge in [0.25, 0.3) is 5.91 Å². The molecule has 1 N–H and O–H groups in total. The van der Waals surface area contributed by atoms with Gasteiger partial charge in [0.15, 0.2) is 0 Å². The largest absolute Gasteiger partial charge is 0.360 e. The van der Waals surface area contributed by atoms with Crippen molar-refractivity contribution in [3.8, 4) is 11.3 Å². The van der Waals surface area contributed by atoms with Crippen molar-refractivity contribution in [1.29, 1.82) is 0 Å². The van der Waals surface area contributed by atoms with Crippen LogP contribution in [-0.4, -0.2) is 20.8 Å². The summed E-state index contributed by atoms with van der Waals surface area (Å²) < 4.78 is 7.04. The van der Waals surface area contributed by atoms with E-state index in [2.05, 4.69) is 15.6 Å². The second kappa shape index (κ2) is 7.29. The number of aromatic nitrogens is 3. The Morgan fingerprint density at radius 1 is 1.07 bits per heavy atom. The lowest BCUT2D eigenvalue weighted by molar-refractivity contribution is 0.102. The fourth-order valence-electron chi connectivity index (χ4n) is 2.91. The van der Waals surface area contributed by atoms with Gasteiger partial charge in [-0.15, -0.1) is 0 Å². The highest BCUT2D eigenvalue weighted by Gasteiger charge is 2.22. The van der Waals surface area contributed by atoms with Crippen molar-refractivity contribution in [2.75, 3.05) is 5.32 Å². The van der Waals surface area contributed by atoms with E-state index >= 15 is 0 Å². The molecule has 134 valence electrons. The van der Waals surface area contributed by atoms with Gasteiger partial charge in [0, 0.05) is 11.8 Å². The fraction of sp³-hybridized carbons (Fsp3) is 0.0952. The molecule has 4 rings (SSSR count). The first kappa shape index (κ1) is 16.8. The number of hydrogen-bond acceptors (Lipinski definition) is 4. The van der Waals surface area contributed by atoms with Crippen molar-refractivity contribution in [3.63, 3.8) is 0 Å². The molecule has 0 aliphatic heterocycles. The molecular formula is C21H18N4O2. The van der Waals surface area contributed by atoms with Crippen molar-refractivity contribution in [2.45, 2.75) is 13.5 Å². The average molecular weight is 358 g/mol. The van der Waals surface area contributed by atoms with Crippen LogP contribution in [0.2, 0.25) is 0 Å². The number of anilines is 1. The lowest BCUT2D eigenvalue weighted by atomic mass is 10.1. The molecule has 2 aromatic carbocycles.